The molecule has 12 heteroatoms. The number of carbonyl (C=O) groups is 1. The first-order valence-corrected chi connectivity index (χ1v) is 12.7. The molecule has 1 atom stereocenters. The van der Waals surface area contributed by atoms with Crippen LogP contribution in [0.2, 0.25) is 0 Å². The molecular weight excluding hydrogens is 500 g/mol. The number of methoxy groups -OCH3 is 1. The molecule has 1 aliphatic heterocycles. The molecule has 4 heterocycles. The molecule has 0 saturated carbocycles. The molecule has 202 valence electrons. The number of fused-ring (bicyclic) bond motifs is 2. The first kappa shape index (κ1) is 26.0. The van der Waals surface area contributed by atoms with E-state index in [2.05, 4.69) is 16.8 Å². The zero-order valence-corrected chi connectivity index (χ0v) is 21.9. The molecule has 39 heavy (non-hydrogen) atoms. The number of nitrogen functional groups attached to an aromatic ring is 1. The molecule has 0 radical (unpaired) electrons. The van der Waals surface area contributed by atoms with E-state index in [1.54, 1.807) is 29.8 Å². The number of nitrogens with two attached hydrogens (primary N) is 2. The lowest BCUT2D eigenvalue weighted by Gasteiger charge is -2.31. The Labute approximate surface area is 223 Å². The fraction of sp³-hybridized carbons (Fsp3) is 0.370. The number of esters is 1. The standard InChI is InChI=1S/C27H30N8O4/c1-3-4-13-33-23-24(31-26(33)32-12-6-8-19(28)15-32)34(16-20(36)39-2)27(38)35(25(23)37)14-18-10-9-17-7-5-11-30-22(17)21(18)29/h5,7,9-11,19H,6,8,12-16,28-29H2,1-2H3. The predicted octanol–water partition coefficient (Wildman–Crippen LogP) is 0.662. The Morgan fingerprint density at radius 3 is 2.77 bits per heavy atom. The van der Waals surface area contributed by atoms with Crippen LogP contribution in [0.15, 0.2) is 40.1 Å². The molecule has 1 aliphatic rings. The van der Waals surface area contributed by atoms with Crippen molar-refractivity contribution in [3.05, 3.63) is 56.9 Å². The number of pyridine rings is 1. The summed E-state index contributed by atoms with van der Waals surface area (Å²) in [5.74, 6) is 5.69. The third kappa shape index (κ3) is 4.72. The molecular formula is C27H30N8O4. The van der Waals surface area contributed by atoms with Crippen molar-refractivity contribution in [3.63, 3.8) is 0 Å². The van der Waals surface area contributed by atoms with Gasteiger partial charge in [0.2, 0.25) is 5.95 Å². The van der Waals surface area contributed by atoms with E-state index in [9.17, 15) is 14.4 Å². The van der Waals surface area contributed by atoms with Gasteiger partial charge in [0.1, 0.15) is 6.54 Å². The fourth-order valence-corrected chi connectivity index (χ4v) is 5.01. The monoisotopic (exact) mass is 530 g/mol. The summed E-state index contributed by atoms with van der Waals surface area (Å²) in [4.78, 5) is 51.2. The Balaban J connectivity index is 1.76. The lowest BCUT2D eigenvalue weighted by atomic mass is 10.1. The number of piperidine rings is 1. The minimum atomic E-state index is -0.702. The quantitative estimate of drug-likeness (QED) is 0.208. The number of rotatable bonds is 6. The van der Waals surface area contributed by atoms with Gasteiger partial charge in [0.15, 0.2) is 11.2 Å². The Morgan fingerprint density at radius 2 is 2.03 bits per heavy atom. The molecule has 4 aromatic rings. The number of carbonyl (C=O) groups excluding carboxylic acids is 1. The summed E-state index contributed by atoms with van der Waals surface area (Å²) in [6.07, 6.45) is 3.37. The minimum absolute atomic E-state index is 0.0531. The van der Waals surface area contributed by atoms with Crippen molar-refractivity contribution in [1.29, 1.82) is 0 Å². The summed E-state index contributed by atoms with van der Waals surface area (Å²) in [6.45, 7) is 2.56. The first-order chi connectivity index (χ1) is 18.8. The number of benzene rings is 1. The molecule has 0 bridgehead atoms. The molecule has 12 nitrogen and oxygen atoms in total. The highest BCUT2D eigenvalue weighted by Crippen LogP contribution is 2.25. The molecule has 4 N–H and O–H groups in total. The van der Waals surface area contributed by atoms with Gasteiger partial charge >= 0.3 is 11.7 Å². The molecule has 1 fully saturated rings. The third-order valence-electron chi connectivity index (χ3n) is 7.00. The van der Waals surface area contributed by atoms with Crippen molar-refractivity contribution in [2.45, 2.75) is 45.4 Å². The highest BCUT2D eigenvalue weighted by molar-refractivity contribution is 5.90. The van der Waals surface area contributed by atoms with Crippen LogP contribution in [-0.4, -0.2) is 55.9 Å². The van der Waals surface area contributed by atoms with E-state index in [1.165, 1.54) is 11.7 Å². The van der Waals surface area contributed by atoms with Crippen LogP contribution in [0, 0.1) is 11.8 Å². The van der Waals surface area contributed by atoms with Crippen molar-refractivity contribution >= 4 is 39.7 Å². The molecule has 5 rings (SSSR count). The van der Waals surface area contributed by atoms with E-state index >= 15 is 0 Å². The normalized spacial score (nSPS) is 15.4. The van der Waals surface area contributed by atoms with Crippen molar-refractivity contribution < 1.29 is 9.53 Å². The highest BCUT2D eigenvalue weighted by Gasteiger charge is 2.27. The second kappa shape index (κ2) is 10.6. The molecule has 1 saturated heterocycles. The van der Waals surface area contributed by atoms with E-state index in [1.807, 2.05) is 17.0 Å². The second-order valence-corrected chi connectivity index (χ2v) is 9.49. The summed E-state index contributed by atoms with van der Waals surface area (Å²) in [5.41, 5.74) is 13.1. The first-order valence-electron chi connectivity index (χ1n) is 12.7. The van der Waals surface area contributed by atoms with Gasteiger partial charge in [-0.25, -0.2) is 4.79 Å². The number of anilines is 2. The topological polar surface area (TPSA) is 156 Å². The number of hydrogen-bond acceptors (Lipinski definition) is 9. The van der Waals surface area contributed by atoms with Crippen LogP contribution >= 0.6 is 0 Å². The van der Waals surface area contributed by atoms with Gasteiger partial charge < -0.3 is 21.1 Å². The van der Waals surface area contributed by atoms with E-state index in [0.717, 1.165) is 22.8 Å². The van der Waals surface area contributed by atoms with E-state index in [-0.39, 0.29) is 30.3 Å². The average Bonchev–Trinajstić information content (AvgIpc) is 3.32. The summed E-state index contributed by atoms with van der Waals surface area (Å²) in [5, 5.41) is 0.838. The number of aromatic nitrogens is 5. The molecule has 3 aromatic heterocycles. The van der Waals surface area contributed by atoms with Crippen molar-refractivity contribution in [1.82, 2.24) is 23.7 Å². The zero-order valence-electron chi connectivity index (χ0n) is 21.9. The van der Waals surface area contributed by atoms with E-state index in [4.69, 9.17) is 21.2 Å². The van der Waals surface area contributed by atoms with Gasteiger partial charge in [-0.15, -0.1) is 5.92 Å². The maximum absolute atomic E-state index is 14.0. The molecule has 0 aliphatic carbocycles. The molecule has 1 aromatic carbocycles. The summed E-state index contributed by atoms with van der Waals surface area (Å²) < 4.78 is 8.78. The Morgan fingerprint density at radius 1 is 1.21 bits per heavy atom. The molecule has 0 amide bonds. The minimum Gasteiger partial charge on any atom is -0.468 e. The van der Waals surface area contributed by atoms with Crippen LogP contribution in [0.25, 0.3) is 22.1 Å². The summed E-state index contributed by atoms with van der Waals surface area (Å²) >= 11 is 0. The number of hydrogen-bond donors (Lipinski definition) is 2. The smallest absolute Gasteiger partial charge is 0.333 e. The van der Waals surface area contributed by atoms with Crippen LogP contribution in [-0.2, 0) is 29.2 Å². The third-order valence-corrected chi connectivity index (χ3v) is 7.00. The highest BCUT2D eigenvalue weighted by atomic mass is 16.5. The predicted molar refractivity (Wildman–Crippen MR) is 148 cm³/mol. The van der Waals surface area contributed by atoms with Gasteiger partial charge in [-0.1, -0.05) is 24.1 Å². The zero-order chi connectivity index (χ0) is 27.7. The van der Waals surface area contributed by atoms with Crippen LogP contribution in [0.3, 0.4) is 0 Å². The van der Waals surface area contributed by atoms with Crippen molar-refractivity contribution in [2.24, 2.45) is 5.73 Å². The van der Waals surface area contributed by atoms with Gasteiger partial charge in [0, 0.05) is 30.7 Å². The lowest BCUT2D eigenvalue weighted by molar-refractivity contribution is -0.141. The number of imidazole rings is 1. The van der Waals surface area contributed by atoms with Gasteiger partial charge in [-0.2, -0.15) is 4.98 Å². The lowest BCUT2D eigenvalue weighted by Crippen LogP contribution is -2.44. The SMILES string of the molecule is CC#CCn1c(N2CCCC(N)C2)nc2c1c(=O)n(Cc1ccc3cccnc3c1N)c(=O)n2CC(=O)OC. The van der Waals surface area contributed by atoms with Gasteiger partial charge in [-0.3, -0.25) is 28.3 Å². The van der Waals surface area contributed by atoms with Gasteiger partial charge in [-0.05, 0) is 31.4 Å². The average molecular weight is 531 g/mol. The number of nitrogens with zero attached hydrogens (tertiary/aromatic N) is 6. The Hall–Kier alpha value is -4.63. The van der Waals surface area contributed by atoms with Crippen LogP contribution in [0.1, 0.15) is 25.3 Å². The van der Waals surface area contributed by atoms with Gasteiger partial charge in [0.25, 0.3) is 5.56 Å². The molecule has 1 unspecified atom stereocenters. The second-order valence-electron chi connectivity index (χ2n) is 9.49. The largest absolute Gasteiger partial charge is 0.468 e. The van der Waals surface area contributed by atoms with Crippen LogP contribution in [0.5, 0.6) is 0 Å². The maximum atomic E-state index is 14.0. The van der Waals surface area contributed by atoms with Gasteiger partial charge in [0.05, 0.1) is 31.4 Å². The van der Waals surface area contributed by atoms with Crippen molar-refractivity contribution in [3.8, 4) is 11.8 Å². The Bertz CT molecular complexity index is 1760. The van der Waals surface area contributed by atoms with Crippen molar-refractivity contribution in [2.75, 3.05) is 30.8 Å². The summed E-state index contributed by atoms with van der Waals surface area (Å²) in [7, 11) is 1.24. The van der Waals surface area contributed by atoms with E-state index in [0.29, 0.717) is 35.8 Å². The van der Waals surface area contributed by atoms with Crippen LogP contribution < -0.4 is 27.6 Å². The maximum Gasteiger partial charge on any atom is 0.333 e. The number of ether oxygens (including phenoxy) is 1. The summed E-state index contributed by atoms with van der Waals surface area (Å²) in [6, 6.07) is 7.23. The van der Waals surface area contributed by atoms with E-state index < -0.39 is 23.8 Å². The van der Waals surface area contributed by atoms with Crippen LogP contribution in [0.4, 0.5) is 11.6 Å². The molecule has 0 spiro atoms. The Kier molecular flexibility index (Phi) is 7.08. The fourth-order valence-electron chi connectivity index (χ4n) is 5.01.